The predicted octanol–water partition coefficient (Wildman–Crippen LogP) is 0.798. The Balaban J connectivity index is 0.00000128. The fraction of sp³-hybridized carbons (Fsp3) is 0.909. The van der Waals surface area contributed by atoms with Crippen molar-refractivity contribution in [3.63, 3.8) is 0 Å². The Labute approximate surface area is 103 Å². The van der Waals surface area contributed by atoms with Gasteiger partial charge in [0.05, 0.1) is 18.7 Å². The van der Waals surface area contributed by atoms with Crippen LogP contribution < -0.4 is 5.32 Å². The minimum Gasteiger partial charge on any atom is -0.379 e. The first-order valence-electron chi connectivity index (χ1n) is 5.87. The Hall–Kier alpha value is -0.320. The van der Waals surface area contributed by atoms with E-state index in [0.717, 1.165) is 26.0 Å². The number of rotatable bonds is 2. The number of nitrogens with one attached hydrogen (secondary N) is 1. The van der Waals surface area contributed by atoms with E-state index in [0.29, 0.717) is 12.6 Å². The van der Waals surface area contributed by atoms with Gasteiger partial charge in [-0.15, -0.1) is 12.4 Å². The van der Waals surface area contributed by atoms with E-state index >= 15 is 0 Å². The molecule has 0 aromatic carbocycles. The molecule has 2 rings (SSSR count). The quantitative estimate of drug-likeness (QED) is 0.786. The van der Waals surface area contributed by atoms with Crippen LogP contribution in [-0.2, 0) is 9.53 Å². The van der Waals surface area contributed by atoms with Crippen molar-refractivity contribution in [3.8, 4) is 0 Å². The smallest absolute Gasteiger partial charge is 0.239 e. The summed E-state index contributed by atoms with van der Waals surface area (Å²) in [7, 11) is 1.90. The molecule has 0 aromatic heterocycles. The number of nitrogens with zero attached hydrogens (tertiary/aromatic N) is 1. The fourth-order valence-corrected chi connectivity index (χ4v) is 2.32. The van der Waals surface area contributed by atoms with Gasteiger partial charge in [0.25, 0.3) is 0 Å². The van der Waals surface area contributed by atoms with Gasteiger partial charge in [0, 0.05) is 13.7 Å². The molecule has 0 aromatic rings. The summed E-state index contributed by atoms with van der Waals surface area (Å²) < 4.78 is 5.30. The predicted molar refractivity (Wildman–Crippen MR) is 64.9 cm³/mol. The van der Waals surface area contributed by atoms with Crippen LogP contribution in [0.4, 0.5) is 0 Å². The average Bonchev–Trinajstić information content (AvgIpc) is 2.82. The maximum atomic E-state index is 12.1. The highest BCUT2D eigenvalue weighted by atomic mass is 35.5. The van der Waals surface area contributed by atoms with Crippen LogP contribution in [0.5, 0.6) is 0 Å². The maximum Gasteiger partial charge on any atom is 0.239 e. The molecule has 2 atom stereocenters. The summed E-state index contributed by atoms with van der Waals surface area (Å²) in [6.07, 6.45) is 4.32. The summed E-state index contributed by atoms with van der Waals surface area (Å²) >= 11 is 0. The number of ether oxygens (including phenoxy) is 1. The average molecular weight is 249 g/mol. The Morgan fingerprint density at radius 1 is 1.38 bits per heavy atom. The number of carbonyl (C=O) groups is 1. The van der Waals surface area contributed by atoms with Crippen molar-refractivity contribution in [1.82, 2.24) is 10.2 Å². The largest absolute Gasteiger partial charge is 0.379 e. The van der Waals surface area contributed by atoms with Gasteiger partial charge in [-0.3, -0.25) is 4.79 Å². The number of halogens is 1. The van der Waals surface area contributed by atoms with Gasteiger partial charge in [0.15, 0.2) is 0 Å². The number of piperidine rings is 1. The lowest BCUT2D eigenvalue weighted by molar-refractivity contribution is -0.134. The van der Waals surface area contributed by atoms with Crippen LogP contribution in [0.25, 0.3) is 0 Å². The molecule has 2 heterocycles. The molecular weight excluding hydrogens is 228 g/mol. The molecule has 1 N–H and O–H groups in total. The van der Waals surface area contributed by atoms with Crippen LogP contribution in [0, 0.1) is 0 Å². The van der Waals surface area contributed by atoms with Gasteiger partial charge in [-0.1, -0.05) is 6.42 Å². The van der Waals surface area contributed by atoms with Gasteiger partial charge in [0.1, 0.15) is 0 Å². The van der Waals surface area contributed by atoms with E-state index < -0.39 is 0 Å². The number of carbonyl (C=O) groups excluding carboxylic acids is 1. The molecule has 1 amide bonds. The van der Waals surface area contributed by atoms with Crippen LogP contribution in [0.2, 0.25) is 0 Å². The second-order valence-electron chi connectivity index (χ2n) is 4.47. The highest BCUT2D eigenvalue weighted by molar-refractivity contribution is 5.85. The molecule has 94 valence electrons. The Kier molecular flexibility index (Phi) is 5.52. The van der Waals surface area contributed by atoms with Gasteiger partial charge >= 0.3 is 0 Å². The zero-order chi connectivity index (χ0) is 10.7. The molecule has 2 aliphatic heterocycles. The van der Waals surface area contributed by atoms with E-state index in [1.54, 1.807) is 0 Å². The topological polar surface area (TPSA) is 41.6 Å². The molecule has 1 unspecified atom stereocenters. The van der Waals surface area contributed by atoms with E-state index in [1.165, 1.54) is 12.8 Å². The number of hydrogen-bond acceptors (Lipinski definition) is 3. The van der Waals surface area contributed by atoms with Gasteiger partial charge in [0.2, 0.25) is 5.91 Å². The SMILES string of the molecule is CN(C(=O)[C@H]1CCCCN1)C1CCOC1.Cl. The van der Waals surface area contributed by atoms with E-state index in [-0.39, 0.29) is 24.4 Å². The normalized spacial score (nSPS) is 29.6. The van der Waals surface area contributed by atoms with E-state index in [2.05, 4.69) is 5.32 Å². The standard InChI is InChI=1S/C11H20N2O2.ClH/c1-13(9-5-7-15-8-9)11(14)10-4-2-3-6-12-10;/h9-10,12H,2-8H2,1H3;1H/t9?,10-;/m1./s1. The van der Waals surface area contributed by atoms with Crippen molar-refractivity contribution in [2.24, 2.45) is 0 Å². The molecule has 4 nitrogen and oxygen atoms in total. The molecule has 2 fully saturated rings. The molecule has 0 saturated carbocycles. The van der Waals surface area contributed by atoms with Crippen molar-refractivity contribution < 1.29 is 9.53 Å². The van der Waals surface area contributed by atoms with E-state index in [1.807, 2.05) is 11.9 Å². The third kappa shape index (κ3) is 3.09. The molecule has 0 aliphatic carbocycles. The van der Waals surface area contributed by atoms with Crippen LogP contribution in [-0.4, -0.2) is 49.7 Å². The molecule has 0 bridgehead atoms. The van der Waals surface area contributed by atoms with Crippen LogP contribution in [0.3, 0.4) is 0 Å². The molecule has 5 heteroatoms. The summed E-state index contributed by atoms with van der Waals surface area (Å²) in [6.45, 7) is 2.47. The molecular formula is C11H21ClN2O2. The van der Waals surface area contributed by atoms with Crippen molar-refractivity contribution in [2.45, 2.75) is 37.8 Å². The Morgan fingerprint density at radius 3 is 2.75 bits per heavy atom. The van der Waals surface area contributed by atoms with E-state index in [4.69, 9.17) is 4.74 Å². The van der Waals surface area contributed by atoms with Crippen molar-refractivity contribution in [1.29, 1.82) is 0 Å². The minimum absolute atomic E-state index is 0. The molecule has 2 aliphatic rings. The zero-order valence-corrected chi connectivity index (χ0v) is 10.6. The lowest BCUT2D eigenvalue weighted by atomic mass is 10.0. The molecule has 16 heavy (non-hydrogen) atoms. The Morgan fingerprint density at radius 2 is 2.19 bits per heavy atom. The molecule has 2 saturated heterocycles. The zero-order valence-electron chi connectivity index (χ0n) is 9.78. The van der Waals surface area contributed by atoms with Gasteiger partial charge in [-0.2, -0.15) is 0 Å². The van der Waals surface area contributed by atoms with Crippen molar-refractivity contribution in [2.75, 3.05) is 26.8 Å². The first kappa shape index (κ1) is 13.7. The first-order valence-corrected chi connectivity index (χ1v) is 5.87. The summed E-state index contributed by atoms with van der Waals surface area (Å²) in [5.41, 5.74) is 0. The summed E-state index contributed by atoms with van der Waals surface area (Å²) in [6, 6.07) is 0.338. The van der Waals surface area contributed by atoms with Gasteiger partial charge < -0.3 is 15.0 Å². The highest BCUT2D eigenvalue weighted by Gasteiger charge is 2.29. The highest BCUT2D eigenvalue weighted by Crippen LogP contribution is 2.15. The third-order valence-corrected chi connectivity index (χ3v) is 3.41. The summed E-state index contributed by atoms with van der Waals surface area (Å²) in [5, 5.41) is 3.29. The van der Waals surface area contributed by atoms with Crippen LogP contribution in [0.15, 0.2) is 0 Å². The number of likely N-dealkylation sites (N-methyl/N-ethyl adjacent to an activating group) is 1. The van der Waals surface area contributed by atoms with Gasteiger partial charge in [-0.25, -0.2) is 0 Å². The molecule has 0 spiro atoms. The van der Waals surface area contributed by atoms with Crippen LogP contribution >= 0.6 is 12.4 Å². The lowest BCUT2D eigenvalue weighted by Gasteiger charge is -2.30. The van der Waals surface area contributed by atoms with Crippen molar-refractivity contribution in [3.05, 3.63) is 0 Å². The number of amides is 1. The second-order valence-corrected chi connectivity index (χ2v) is 4.47. The molecule has 0 radical (unpaired) electrons. The first-order chi connectivity index (χ1) is 7.29. The van der Waals surface area contributed by atoms with E-state index in [9.17, 15) is 4.79 Å². The monoisotopic (exact) mass is 248 g/mol. The Bertz CT molecular complexity index is 226. The third-order valence-electron chi connectivity index (χ3n) is 3.41. The van der Waals surface area contributed by atoms with Gasteiger partial charge in [-0.05, 0) is 25.8 Å². The van der Waals surface area contributed by atoms with Crippen LogP contribution in [0.1, 0.15) is 25.7 Å². The fourth-order valence-electron chi connectivity index (χ4n) is 2.32. The summed E-state index contributed by atoms with van der Waals surface area (Å²) in [4.78, 5) is 14.0. The minimum atomic E-state index is 0. The maximum absolute atomic E-state index is 12.1. The second kappa shape index (κ2) is 6.42. The number of hydrogen-bond donors (Lipinski definition) is 1. The van der Waals surface area contributed by atoms with Crippen molar-refractivity contribution >= 4 is 18.3 Å². The lowest BCUT2D eigenvalue weighted by Crippen LogP contribution is -2.50. The summed E-state index contributed by atoms with van der Waals surface area (Å²) in [5.74, 6) is 0.241.